The lowest BCUT2D eigenvalue weighted by Gasteiger charge is -2.45. The molecule has 4 atom stereocenters. The molecule has 0 aromatic heterocycles. The number of nitrogens with zero attached hydrogens (tertiary/aromatic N) is 1. The molecule has 1 aliphatic heterocycles. The van der Waals surface area contributed by atoms with Crippen molar-refractivity contribution in [3.63, 3.8) is 0 Å². The molecular formula is C25H36F3NO4Si. The van der Waals surface area contributed by atoms with Crippen LogP contribution in [0.3, 0.4) is 0 Å². The fourth-order valence-electron chi connectivity index (χ4n) is 4.18. The number of benzene rings is 1. The standard InChI is InChI=1S/C25H36F3NO4Si/c1-23(2,3)34(6,7)33-20-18(14-11-15-19-21(20)32-24(4,5)31-19)29(22(30)25(26,27)28)16-17-12-9-8-10-13-17/h8-13,15,18-21H,14,16H2,1-7H3/t18?,19-,20-,21-/m0/s1. The van der Waals surface area contributed by atoms with E-state index in [2.05, 4.69) is 20.8 Å². The Morgan fingerprint density at radius 1 is 1.15 bits per heavy atom. The van der Waals surface area contributed by atoms with Crippen LogP contribution in [0, 0.1) is 0 Å². The molecule has 1 fully saturated rings. The molecule has 0 bridgehead atoms. The number of fused-ring (bicyclic) bond motifs is 1. The number of alkyl halides is 3. The van der Waals surface area contributed by atoms with Crippen LogP contribution >= 0.6 is 0 Å². The van der Waals surface area contributed by atoms with Gasteiger partial charge in [0.05, 0.1) is 12.1 Å². The molecule has 9 heteroatoms. The van der Waals surface area contributed by atoms with Crippen molar-refractivity contribution in [1.29, 1.82) is 0 Å². The largest absolute Gasteiger partial charge is 0.471 e. The zero-order valence-electron chi connectivity index (χ0n) is 21.0. The fourth-order valence-corrected chi connectivity index (χ4v) is 5.50. The van der Waals surface area contributed by atoms with Gasteiger partial charge in [-0.05, 0) is 44.0 Å². The predicted octanol–water partition coefficient (Wildman–Crippen LogP) is 5.82. The van der Waals surface area contributed by atoms with Crippen LogP contribution in [-0.2, 0) is 25.2 Å². The molecule has 2 aliphatic rings. The molecule has 190 valence electrons. The summed E-state index contributed by atoms with van der Waals surface area (Å²) in [5, 5.41) is -0.194. The van der Waals surface area contributed by atoms with E-state index in [0.717, 1.165) is 4.90 Å². The van der Waals surface area contributed by atoms with E-state index < -0.39 is 50.5 Å². The van der Waals surface area contributed by atoms with Gasteiger partial charge >= 0.3 is 12.1 Å². The molecule has 0 spiro atoms. The summed E-state index contributed by atoms with van der Waals surface area (Å²) in [7, 11) is -2.46. The minimum Gasteiger partial charge on any atom is -0.409 e. The average Bonchev–Trinajstić information content (AvgIpc) is 2.93. The van der Waals surface area contributed by atoms with Crippen LogP contribution in [-0.4, -0.2) is 55.4 Å². The van der Waals surface area contributed by atoms with Gasteiger partial charge in [-0.15, -0.1) is 0 Å². The van der Waals surface area contributed by atoms with E-state index in [1.165, 1.54) is 0 Å². The maximum Gasteiger partial charge on any atom is 0.471 e. The Bertz CT molecular complexity index is 896. The smallest absolute Gasteiger partial charge is 0.409 e. The van der Waals surface area contributed by atoms with E-state index in [4.69, 9.17) is 13.9 Å². The molecule has 34 heavy (non-hydrogen) atoms. The van der Waals surface area contributed by atoms with Gasteiger partial charge in [0.15, 0.2) is 14.1 Å². The van der Waals surface area contributed by atoms with Gasteiger partial charge in [0.25, 0.3) is 0 Å². The van der Waals surface area contributed by atoms with Crippen LogP contribution in [0.1, 0.15) is 46.6 Å². The van der Waals surface area contributed by atoms with Crippen molar-refractivity contribution in [1.82, 2.24) is 4.90 Å². The summed E-state index contributed by atoms with van der Waals surface area (Å²) >= 11 is 0. The van der Waals surface area contributed by atoms with Crippen LogP contribution < -0.4 is 0 Å². The number of hydrogen-bond acceptors (Lipinski definition) is 4. The van der Waals surface area contributed by atoms with Crippen molar-refractivity contribution in [2.75, 3.05) is 0 Å². The lowest BCUT2D eigenvalue weighted by molar-refractivity contribution is -0.193. The summed E-state index contributed by atoms with van der Waals surface area (Å²) in [5.41, 5.74) is 0.611. The highest BCUT2D eigenvalue weighted by Crippen LogP contribution is 2.43. The Morgan fingerprint density at radius 3 is 2.32 bits per heavy atom. The van der Waals surface area contributed by atoms with Crippen LogP contribution in [0.15, 0.2) is 42.5 Å². The number of hydrogen-bond donors (Lipinski definition) is 0. The molecule has 0 saturated carbocycles. The highest BCUT2D eigenvalue weighted by Gasteiger charge is 2.54. The first-order valence-corrected chi connectivity index (χ1v) is 14.5. The average molecular weight is 500 g/mol. The third-order valence-corrected chi connectivity index (χ3v) is 11.4. The van der Waals surface area contributed by atoms with Crippen molar-refractivity contribution < 1.29 is 31.9 Å². The number of rotatable bonds is 5. The molecule has 1 unspecified atom stereocenters. The summed E-state index contributed by atoms with van der Waals surface area (Å²) in [6.45, 7) is 13.7. The number of halogens is 3. The van der Waals surface area contributed by atoms with Crippen LogP contribution in [0.5, 0.6) is 0 Å². The minimum atomic E-state index is -5.02. The van der Waals surface area contributed by atoms with Gasteiger partial charge < -0.3 is 18.8 Å². The molecule has 1 aromatic carbocycles. The van der Waals surface area contributed by atoms with E-state index in [1.807, 2.05) is 19.2 Å². The zero-order chi connectivity index (χ0) is 25.5. The van der Waals surface area contributed by atoms with Crippen molar-refractivity contribution in [3.05, 3.63) is 48.0 Å². The first kappa shape index (κ1) is 26.9. The lowest BCUT2D eigenvalue weighted by atomic mass is 9.99. The number of amides is 1. The number of carbonyl (C=O) groups is 1. The van der Waals surface area contributed by atoms with Gasteiger partial charge in [-0.25, -0.2) is 0 Å². The number of carbonyl (C=O) groups excluding carboxylic acids is 1. The summed E-state index contributed by atoms with van der Waals surface area (Å²) in [6.07, 6.45) is -3.13. The lowest BCUT2D eigenvalue weighted by Crippen LogP contribution is -2.59. The molecule has 3 rings (SSSR count). The van der Waals surface area contributed by atoms with Gasteiger partial charge in [0.2, 0.25) is 0 Å². The molecule has 5 nitrogen and oxygen atoms in total. The van der Waals surface area contributed by atoms with E-state index in [-0.39, 0.29) is 18.0 Å². The monoisotopic (exact) mass is 499 g/mol. The molecule has 1 heterocycles. The van der Waals surface area contributed by atoms with Gasteiger partial charge in [-0.3, -0.25) is 4.79 Å². The Kier molecular flexibility index (Phi) is 7.45. The Hall–Kier alpha value is -1.68. The SMILES string of the molecule is CC1(C)O[C@H]2[C@H](C=CCC(N(Cc3ccccc3)C(=O)C(F)(F)F)[C@@H]2O[Si](C)(C)C(C)(C)C)O1. The summed E-state index contributed by atoms with van der Waals surface area (Å²) < 4.78 is 60.4. The molecule has 0 N–H and O–H groups in total. The van der Waals surface area contributed by atoms with E-state index in [0.29, 0.717) is 5.56 Å². The molecule has 0 radical (unpaired) electrons. The first-order chi connectivity index (χ1) is 15.5. The number of ether oxygens (including phenoxy) is 2. The highest BCUT2D eigenvalue weighted by molar-refractivity contribution is 6.74. The summed E-state index contributed by atoms with van der Waals surface area (Å²) in [4.78, 5) is 13.7. The second-order valence-electron chi connectivity index (χ2n) is 11.1. The Morgan fingerprint density at radius 2 is 1.76 bits per heavy atom. The van der Waals surface area contributed by atoms with E-state index >= 15 is 0 Å². The predicted molar refractivity (Wildman–Crippen MR) is 126 cm³/mol. The molecule has 1 aromatic rings. The summed E-state index contributed by atoms with van der Waals surface area (Å²) in [6, 6.07) is 7.82. The van der Waals surface area contributed by atoms with Crippen LogP contribution in [0.4, 0.5) is 13.2 Å². The normalized spacial score (nSPS) is 27.2. The van der Waals surface area contributed by atoms with Crippen molar-refractivity contribution in [2.45, 2.75) is 102 Å². The van der Waals surface area contributed by atoms with E-state index in [9.17, 15) is 18.0 Å². The van der Waals surface area contributed by atoms with E-state index in [1.54, 1.807) is 50.3 Å². The maximum atomic E-state index is 13.8. The van der Waals surface area contributed by atoms with Crippen molar-refractivity contribution >= 4 is 14.2 Å². The van der Waals surface area contributed by atoms with Crippen molar-refractivity contribution in [2.24, 2.45) is 0 Å². The fraction of sp³-hybridized carbons (Fsp3) is 0.640. The summed E-state index contributed by atoms with van der Waals surface area (Å²) in [5.74, 6) is -2.80. The molecular weight excluding hydrogens is 463 g/mol. The third-order valence-electron chi connectivity index (χ3n) is 6.91. The zero-order valence-corrected chi connectivity index (χ0v) is 22.0. The van der Waals surface area contributed by atoms with Crippen LogP contribution in [0.2, 0.25) is 18.1 Å². The van der Waals surface area contributed by atoms with Gasteiger partial charge in [-0.2, -0.15) is 13.2 Å². The molecule has 1 aliphatic carbocycles. The minimum absolute atomic E-state index is 0.184. The molecule has 1 amide bonds. The third kappa shape index (κ3) is 5.92. The Balaban J connectivity index is 2.08. The van der Waals surface area contributed by atoms with Gasteiger partial charge in [0, 0.05) is 6.54 Å². The van der Waals surface area contributed by atoms with Crippen molar-refractivity contribution in [3.8, 4) is 0 Å². The second kappa shape index (κ2) is 9.41. The maximum absolute atomic E-state index is 13.8. The van der Waals surface area contributed by atoms with Gasteiger partial charge in [-0.1, -0.05) is 63.3 Å². The topological polar surface area (TPSA) is 48.0 Å². The van der Waals surface area contributed by atoms with Crippen LogP contribution in [0.25, 0.3) is 0 Å². The first-order valence-electron chi connectivity index (χ1n) is 11.6. The molecule has 1 saturated heterocycles. The van der Waals surface area contributed by atoms with Gasteiger partial charge in [0.1, 0.15) is 12.2 Å². The highest BCUT2D eigenvalue weighted by atomic mass is 28.4. The second-order valence-corrected chi connectivity index (χ2v) is 15.8. The quantitative estimate of drug-likeness (QED) is 0.379. The Labute approximate surface area is 201 Å².